The lowest BCUT2D eigenvalue weighted by Crippen LogP contribution is -2.45. The Kier molecular flexibility index (Phi) is 4.37. The summed E-state index contributed by atoms with van der Waals surface area (Å²) in [4.78, 5) is 12.0. The van der Waals surface area contributed by atoms with Crippen molar-refractivity contribution in [2.45, 2.75) is 48.2 Å². The summed E-state index contributed by atoms with van der Waals surface area (Å²) in [5, 5.41) is 10.1. The summed E-state index contributed by atoms with van der Waals surface area (Å²) in [7, 11) is -4.78. The molecule has 5 nitrogen and oxygen atoms in total. The van der Waals surface area contributed by atoms with Gasteiger partial charge < -0.3 is 10.4 Å². The first-order valence-electron chi connectivity index (χ1n) is 12.0. The number of halogens is 4. The summed E-state index contributed by atoms with van der Waals surface area (Å²) in [5.41, 5.74) is -2.71. The molecule has 2 bridgehead atoms. The number of amides is 1. The van der Waals surface area contributed by atoms with Crippen molar-refractivity contribution >= 4 is 33.0 Å². The van der Waals surface area contributed by atoms with Crippen molar-refractivity contribution < 1.29 is 38.3 Å². The van der Waals surface area contributed by atoms with E-state index in [2.05, 4.69) is 5.32 Å². The molecule has 4 atom stereocenters. The maximum Gasteiger partial charge on any atom is 0.255 e. The van der Waals surface area contributed by atoms with Crippen LogP contribution in [0.4, 0.5) is 18.9 Å². The molecule has 2 aromatic rings. The van der Waals surface area contributed by atoms with Crippen LogP contribution in [0.15, 0.2) is 35.2 Å². The number of fused-ring (bicyclic) bond motifs is 2. The van der Waals surface area contributed by atoms with E-state index in [0.29, 0.717) is 12.1 Å². The molecule has 3 unspecified atom stereocenters. The molecular weight excluding hydrogens is 467 g/mol. The number of anilines is 1. The highest BCUT2D eigenvalue weighted by Crippen LogP contribution is 2.51. The van der Waals surface area contributed by atoms with Crippen molar-refractivity contribution in [1.82, 2.24) is 0 Å². The van der Waals surface area contributed by atoms with Crippen LogP contribution in [0.1, 0.15) is 49.7 Å². The molecule has 0 aliphatic heterocycles. The minimum atomic E-state index is -4.78. The van der Waals surface area contributed by atoms with Gasteiger partial charge in [0.1, 0.15) is 0 Å². The fourth-order valence-corrected chi connectivity index (χ4v) is 5.96. The maximum atomic E-state index is 13.7. The fourth-order valence-electron chi connectivity index (χ4n) is 3.85. The van der Waals surface area contributed by atoms with Gasteiger partial charge in [0.25, 0.3) is 5.91 Å². The zero-order valence-electron chi connectivity index (χ0n) is 21.5. The lowest BCUT2D eigenvalue weighted by molar-refractivity contribution is -0.0413. The topological polar surface area (TPSA) is 83.5 Å². The lowest BCUT2D eigenvalue weighted by atomic mass is 9.76. The Bertz CT molecular complexity index is 1370. The average Bonchev–Trinajstić information content (AvgIpc) is 2.83. The molecule has 4 rings (SSSR count). The number of carbonyl (C=O) groups excluding carboxylic acids is 1. The highest BCUT2D eigenvalue weighted by atomic mass is 35.5. The molecule has 2 aromatic carbocycles. The van der Waals surface area contributed by atoms with Crippen molar-refractivity contribution in [2.75, 3.05) is 5.32 Å². The summed E-state index contributed by atoms with van der Waals surface area (Å²) in [6.45, 7) is 1.22. The molecule has 0 saturated heterocycles. The van der Waals surface area contributed by atoms with Crippen LogP contribution in [0.3, 0.4) is 0 Å². The molecule has 1 amide bonds. The number of rotatable bonds is 4. The predicted molar refractivity (Wildman–Crippen MR) is 113 cm³/mol. The summed E-state index contributed by atoms with van der Waals surface area (Å²) >= 11 is 6.11. The van der Waals surface area contributed by atoms with E-state index in [1.165, 1.54) is 6.92 Å². The van der Waals surface area contributed by atoms with Crippen molar-refractivity contribution in [1.29, 1.82) is 0 Å². The molecule has 172 valence electrons. The van der Waals surface area contributed by atoms with Crippen molar-refractivity contribution in [3.05, 3.63) is 58.4 Å². The molecule has 2 fully saturated rings. The van der Waals surface area contributed by atoms with E-state index in [-0.39, 0.29) is 10.6 Å². The van der Waals surface area contributed by atoms with E-state index in [0.717, 1.165) is 18.2 Å². The number of hydrogen-bond acceptors (Lipinski definition) is 4. The second-order valence-corrected chi connectivity index (χ2v) is 10.4. The molecule has 10 heteroatoms. The Labute approximate surface area is 195 Å². The van der Waals surface area contributed by atoms with E-state index < -0.39 is 92.0 Å². The summed E-state index contributed by atoms with van der Waals surface area (Å²) < 4.78 is 109. The van der Waals surface area contributed by atoms with Crippen LogP contribution in [0.25, 0.3) is 0 Å². The van der Waals surface area contributed by atoms with Crippen LogP contribution < -0.4 is 5.32 Å². The third kappa shape index (κ3) is 3.91. The van der Waals surface area contributed by atoms with Crippen LogP contribution in [0.2, 0.25) is 5.02 Å². The van der Waals surface area contributed by atoms with Gasteiger partial charge in [-0.2, -0.15) is 0 Å². The molecule has 2 N–H and O–H groups in total. The third-order valence-corrected chi connectivity index (χ3v) is 8.26. The molecule has 0 heterocycles. The lowest BCUT2D eigenvalue weighted by Gasteiger charge is -2.40. The predicted octanol–water partition coefficient (Wildman–Crippen LogP) is 4.72. The molecule has 0 aromatic heterocycles. The van der Waals surface area contributed by atoms with Gasteiger partial charge in [-0.1, -0.05) is 11.6 Å². The first-order chi connectivity index (χ1) is 16.8. The Morgan fingerprint density at radius 2 is 1.75 bits per heavy atom. The second-order valence-electron chi connectivity index (χ2n) is 7.92. The minimum absolute atomic E-state index is 0.340. The monoisotopic (exact) mass is 492 g/mol. The molecule has 2 aliphatic rings. The smallest absolute Gasteiger partial charge is 0.255 e. The standard InChI is InChI=1S/C22H21ClF3NO4S/c1-22(29)12-3-4-13(22)8-15(7-12)32(30,31)19-6-11(2-5-16(19)23)21(28)27-14-9-17(24)20(26)18(25)10-14/h2,5-6,9-10,12-13,15,29H,3-4,7-8H2,1H3,(H,27,28)/t12-,13?,15?,22?/m0/s1/i3D2,4D2,15D. The highest BCUT2D eigenvalue weighted by molar-refractivity contribution is 7.92. The van der Waals surface area contributed by atoms with Crippen molar-refractivity contribution in [3.8, 4) is 0 Å². The fraction of sp³-hybridized carbons (Fsp3) is 0.409. The molecular formula is C22H21ClF3NO4S. The quantitative estimate of drug-likeness (QED) is 0.605. The summed E-state index contributed by atoms with van der Waals surface area (Å²) in [5.74, 6) is -8.96. The van der Waals surface area contributed by atoms with Gasteiger partial charge in [0.05, 0.1) is 20.7 Å². The first kappa shape index (κ1) is 17.4. The van der Waals surface area contributed by atoms with E-state index in [1.807, 2.05) is 0 Å². The summed E-state index contributed by atoms with van der Waals surface area (Å²) in [6, 6.07) is 4.03. The summed E-state index contributed by atoms with van der Waals surface area (Å²) in [6.07, 6.45) is -6.76. The van der Waals surface area contributed by atoms with Gasteiger partial charge >= 0.3 is 0 Å². The zero-order chi connectivity index (χ0) is 27.9. The minimum Gasteiger partial charge on any atom is -0.390 e. The van der Waals surface area contributed by atoms with E-state index in [4.69, 9.17) is 18.5 Å². The van der Waals surface area contributed by atoms with E-state index >= 15 is 0 Å². The first-order valence-corrected chi connectivity index (χ1v) is 11.4. The Hall–Kier alpha value is -2.10. The molecule has 2 saturated carbocycles. The number of nitrogens with one attached hydrogen (secondary N) is 1. The van der Waals surface area contributed by atoms with Gasteiger partial charge in [0, 0.05) is 30.2 Å². The highest BCUT2D eigenvalue weighted by Gasteiger charge is 2.53. The SMILES string of the molecule is [2H]C1([2H])C2CC([2H])(S(=O)(=O)c3cc(C(=O)Nc4cc(F)c(F)c(F)c4)ccc3Cl)C[C@@H](C2(C)O)C1([2H])[2H]. The number of sulfone groups is 1. The van der Waals surface area contributed by atoms with Crippen LogP contribution in [-0.2, 0) is 9.84 Å². The van der Waals surface area contributed by atoms with Crippen LogP contribution in [0.5, 0.6) is 0 Å². The largest absolute Gasteiger partial charge is 0.390 e. The van der Waals surface area contributed by atoms with Gasteiger partial charge in [-0.25, -0.2) is 21.6 Å². The second kappa shape index (κ2) is 8.04. The Balaban J connectivity index is 1.71. The van der Waals surface area contributed by atoms with Crippen LogP contribution >= 0.6 is 11.6 Å². The van der Waals surface area contributed by atoms with Gasteiger partial charge in [-0.15, -0.1) is 0 Å². The number of hydrogen-bond donors (Lipinski definition) is 2. The molecule has 0 spiro atoms. The van der Waals surface area contributed by atoms with Gasteiger partial charge in [-0.3, -0.25) is 4.79 Å². The van der Waals surface area contributed by atoms with E-state index in [9.17, 15) is 31.5 Å². The van der Waals surface area contributed by atoms with Gasteiger partial charge in [-0.05, 0) is 62.5 Å². The molecule has 0 radical (unpaired) electrons. The van der Waals surface area contributed by atoms with Crippen molar-refractivity contribution in [3.63, 3.8) is 0 Å². The maximum absolute atomic E-state index is 13.7. The Morgan fingerprint density at radius 3 is 2.31 bits per heavy atom. The number of carbonyl (C=O) groups is 1. The third-order valence-electron chi connectivity index (χ3n) is 5.81. The normalized spacial score (nSPS) is 35.1. The Morgan fingerprint density at radius 1 is 1.19 bits per heavy atom. The van der Waals surface area contributed by atoms with Crippen molar-refractivity contribution in [2.24, 2.45) is 11.8 Å². The van der Waals surface area contributed by atoms with Gasteiger partial charge in [0.2, 0.25) is 0 Å². The van der Waals surface area contributed by atoms with Gasteiger partial charge in [0.15, 0.2) is 27.3 Å². The average molecular weight is 493 g/mol. The van der Waals surface area contributed by atoms with E-state index in [1.54, 1.807) is 0 Å². The van der Waals surface area contributed by atoms with Crippen LogP contribution in [0, 0.1) is 29.3 Å². The molecule has 32 heavy (non-hydrogen) atoms. The number of benzene rings is 2. The molecule has 2 aliphatic carbocycles. The zero-order valence-corrected chi connectivity index (χ0v) is 18.1. The van der Waals surface area contributed by atoms with Crippen LogP contribution in [-0.4, -0.2) is 30.3 Å². The number of aliphatic hydroxyl groups is 1.